The molecule has 0 aromatic heterocycles. The van der Waals surface area contributed by atoms with Gasteiger partial charge in [-0.2, -0.15) is 8.42 Å². The molecule has 2 atom stereocenters. The van der Waals surface area contributed by atoms with Crippen molar-refractivity contribution in [1.82, 2.24) is 4.90 Å². The summed E-state index contributed by atoms with van der Waals surface area (Å²) in [6, 6.07) is 15.8. The summed E-state index contributed by atoms with van der Waals surface area (Å²) in [7, 11) is -4.26. The van der Waals surface area contributed by atoms with Crippen molar-refractivity contribution in [3.63, 3.8) is 0 Å². The van der Waals surface area contributed by atoms with Crippen LogP contribution >= 0.6 is 0 Å². The molecule has 2 aromatic rings. The number of nitrogens with zero attached hydrogens (tertiary/aromatic N) is 1. The molecule has 27 heavy (non-hydrogen) atoms. The minimum absolute atomic E-state index is 0.209. The molecular formula is C20H17NO5S. The number of carbonyl (C=O) groups is 2. The SMILES string of the molecule is O=C1C2C3c4ccccc4C(c4ccccc43)C2C(=O)N1CCS(=O)(=O)O. The Morgan fingerprint density at radius 1 is 0.778 bits per heavy atom. The molecule has 1 N–H and O–H groups in total. The number of imide groups is 1. The third-order valence-electron chi connectivity index (χ3n) is 6.11. The largest absolute Gasteiger partial charge is 0.285 e. The number of benzene rings is 2. The summed E-state index contributed by atoms with van der Waals surface area (Å²) < 4.78 is 31.3. The third kappa shape index (κ3) is 2.25. The van der Waals surface area contributed by atoms with Crippen LogP contribution in [-0.4, -0.2) is 42.0 Å². The van der Waals surface area contributed by atoms with Gasteiger partial charge in [0.05, 0.1) is 17.6 Å². The second-order valence-electron chi connectivity index (χ2n) is 7.38. The van der Waals surface area contributed by atoms with E-state index in [1.165, 1.54) is 0 Å². The highest BCUT2D eigenvalue weighted by Crippen LogP contribution is 2.60. The average molecular weight is 383 g/mol. The molecule has 2 bridgehead atoms. The van der Waals surface area contributed by atoms with Gasteiger partial charge in [-0.15, -0.1) is 0 Å². The lowest BCUT2D eigenvalue weighted by atomic mass is 9.55. The molecule has 1 saturated heterocycles. The summed E-state index contributed by atoms with van der Waals surface area (Å²) >= 11 is 0. The van der Waals surface area contributed by atoms with Gasteiger partial charge < -0.3 is 0 Å². The van der Waals surface area contributed by atoms with E-state index in [1.807, 2.05) is 48.5 Å². The molecule has 2 unspecified atom stereocenters. The Kier molecular flexibility index (Phi) is 3.39. The van der Waals surface area contributed by atoms with Crippen LogP contribution in [0.25, 0.3) is 0 Å². The van der Waals surface area contributed by atoms with Gasteiger partial charge >= 0.3 is 0 Å². The quantitative estimate of drug-likeness (QED) is 0.644. The summed E-state index contributed by atoms with van der Waals surface area (Å²) in [6.07, 6.45) is 0. The van der Waals surface area contributed by atoms with Crippen LogP contribution in [0.5, 0.6) is 0 Å². The van der Waals surface area contributed by atoms with Crippen LogP contribution in [0, 0.1) is 11.8 Å². The zero-order chi connectivity index (χ0) is 18.9. The van der Waals surface area contributed by atoms with E-state index < -0.39 is 27.7 Å². The molecule has 2 amide bonds. The Bertz CT molecular complexity index is 978. The highest BCUT2D eigenvalue weighted by atomic mass is 32.2. The van der Waals surface area contributed by atoms with Crippen molar-refractivity contribution in [1.29, 1.82) is 0 Å². The van der Waals surface area contributed by atoms with Gasteiger partial charge in [-0.25, -0.2) is 0 Å². The van der Waals surface area contributed by atoms with Crippen molar-refractivity contribution < 1.29 is 22.6 Å². The molecule has 0 saturated carbocycles. The van der Waals surface area contributed by atoms with Gasteiger partial charge in [0.1, 0.15) is 0 Å². The van der Waals surface area contributed by atoms with Crippen molar-refractivity contribution >= 4 is 21.9 Å². The number of rotatable bonds is 3. The lowest BCUT2D eigenvalue weighted by Crippen LogP contribution is -2.41. The highest BCUT2D eigenvalue weighted by Gasteiger charge is 2.61. The molecule has 1 heterocycles. The molecule has 1 fully saturated rings. The van der Waals surface area contributed by atoms with Crippen LogP contribution in [0.15, 0.2) is 48.5 Å². The molecule has 3 aliphatic carbocycles. The van der Waals surface area contributed by atoms with E-state index in [0.717, 1.165) is 27.2 Å². The van der Waals surface area contributed by atoms with Crippen LogP contribution < -0.4 is 0 Å². The van der Waals surface area contributed by atoms with Crippen LogP contribution in [0.1, 0.15) is 34.1 Å². The summed E-state index contributed by atoms with van der Waals surface area (Å²) in [5, 5.41) is 0. The van der Waals surface area contributed by atoms with E-state index in [9.17, 15) is 18.0 Å². The van der Waals surface area contributed by atoms with Crippen LogP contribution in [0.2, 0.25) is 0 Å². The predicted octanol–water partition coefficient (Wildman–Crippen LogP) is 1.77. The van der Waals surface area contributed by atoms with Gasteiger partial charge in [0.25, 0.3) is 10.1 Å². The van der Waals surface area contributed by atoms with Gasteiger partial charge in [-0.05, 0) is 22.3 Å². The Morgan fingerprint density at radius 2 is 1.15 bits per heavy atom. The number of carbonyl (C=O) groups excluding carboxylic acids is 2. The van der Waals surface area contributed by atoms with Crippen molar-refractivity contribution in [2.75, 3.05) is 12.3 Å². The second-order valence-corrected chi connectivity index (χ2v) is 8.95. The van der Waals surface area contributed by atoms with Crippen LogP contribution in [0.4, 0.5) is 0 Å². The average Bonchev–Trinajstić information content (AvgIpc) is 2.90. The normalized spacial score (nSPS) is 28.1. The standard InChI is InChI=1S/C20H17NO5S/c22-19-17-15-11-5-1-2-6-12(11)16(14-8-4-3-7-13(14)15)18(17)20(23)21(19)9-10-27(24,25)26/h1-8,15-18H,9-10H2,(H,24,25,26). The fourth-order valence-electron chi connectivity index (χ4n) is 5.17. The molecule has 0 spiro atoms. The summed E-state index contributed by atoms with van der Waals surface area (Å²) in [4.78, 5) is 27.2. The van der Waals surface area contributed by atoms with Crippen LogP contribution in [-0.2, 0) is 19.7 Å². The van der Waals surface area contributed by atoms with Gasteiger partial charge in [-0.3, -0.25) is 19.0 Å². The van der Waals surface area contributed by atoms with Gasteiger partial charge in [0.15, 0.2) is 0 Å². The van der Waals surface area contributed by atoms with Gasteiger partial charge in [-0.1, -0.05) is 48.5 Å². The van der Waals surface area contributed by atoms with E-state index in [0.29, 0.717) is 0 Å². The Morgan fingerprint density at radius 3 is 1.48 bits per heavy atom. The monoisotopic (exact) mass is 383 g/mol. The van der Waals surface area contributed by atoms with E-state index in [2.05, 4.69) is 0 Å². The third-order valence-corrected chi connectivity index (χ3v) is 6.81. The van der Waals surface area contributed by atoms with E-state index >= 15 is 0 Å². The topological polar surface area (TPSA) is 91.8 Å². The Labute approximate surface area is 156 Å². The van der Waals surface area contributed by atoms with Crippen molar-refractivity contribution in [2.45, 2.75) is 11.8 Å². The summed E-state index contributed by atoms with van der Waals surface area (Å²) in [6.45, 7) is -0.310. The second kappa shape index (κ2) is 5.50. The van der Waals surface area contributed by atoms with Gasteiger partial charge in [0, 0.05) is 18.4 Å². The Hall–Kier alpha value is -2.51. The van der Waals surface area contributed by atoms with E-state index in [-0.39, 0.29) is 30.2 Å². The molecule has 4 aliphatic rings. The molecular weight excluding hydrogens is 366 g/mol. The fourth-order valence-corrected chi connectivity index (χ4v) is 5.58. The van der Waals surface area contributed by atoms with Crippen LogP contribution in [0.3, 0.4) is 0 Å². The fraction of sp³-hybridized carbons (Fsp3) is 0.300. The first-order valence-electron chi connectivity index (χ1n) is 8.86. The number of hydrogen-bond acceptors (Lipinski definition) is 4. The smallest absolute Gasteiger partial charge is 0.266 e. The molecule has 6 rings (SSSR count). The minimum atomic E-state index is -4.26. The molecule has 0 radical (unpaired) electrons. The zero-order valence-corrected chi connectivity index (χ0v) is 15.1. The predicted molar refractivity (Wildman–Crippen MR) is 96.7 cm³/mol. The lowest BCUT2D eigenvalue weighted by molar-refractivity contribution is -0.139. The maximum absolute atomic E-state index is 13.1. The molecule has 7 heteroatoms. The maximum Gasteiger partial charge on any atom is 0.266 e. The number of hydrogen-bond donors (Lipinski definition) is 1. The van der Waals surface area contributed by atoms with Crippen molar-refractivity contribution in [3.05, 3.63) is 70.8 Å². The maximum atomic E-state index is 13.1. The van der Waals surface area contributed by atoms with Crippen molar-refractivity contribution in [3.8, 4) is 0 Å². The molecule has 6 nitrogen and oxygen atoms in total. The van der Waals surface area contributed by atoms with E-state index in [4.69, 9.17) is 4.55 Å². The Balaban J connectivity index is 1.65. The number of amides is 2. The zero-order valence-electron chi connectivity index (χ0n) is 14.3. The molecule has 138 valence electrons. The number of likely N-dealkylation sites (tertiary alicyclic amines) is 1. The molecule has 1 aliphatic heterocycles. The minimum Gasteiger partial charge on any atom is -0.285 e. The first-order chi connectivity index (χ1) is 12.9. The first kappa shape index (κ1) is 16.6. The lowest BCUT2D eigenvalue weighted by Gasteiger charge is -2.45. The van der Waals surface area contributed by atoms with Crippen molar-refractivity contribution in [2.24, 2.45) is 11.8 Å². The van der Waals surface area contributed by atoms with Gasteiger partial charge in [0.2, 0.25) is 11.8 Å². The van der Waals surface area contributed by atoms with E-state index in [1.54, 1.807) is 0 Å². The molecule has 2 aromatic carbocycles. The first-order valence-corrected chi connectivity index (χ1v) is 10.5. The summed E-state index contributed by atoms with van der Waals surface area (Å²) in [5.41, 5.74) is 4.28. The summed E-state index contributed by atoms with van der Waals surface area (Å²) in [5.74, 6) is -2.78. The highest BCUT2D eigenvalue weighted by molar-refractivity contribution is 7.85.